The minimum absolute atomic E-state index is 0.0636. The lowest BCUT2D eigenvalue weighted by Gasteiger charge is -2.47. The number of carbonyl (C=O) groups excluding carboxylic acids is 2. The number of ether oxygens (including phenoxy) is 1. The molecule has 0 bridgehead atoms. The Labute approximate surface area is 227 Å². The molecule has 38 heavy (non-hydrogen) atoms. The van der Waals surface area contributed by atoms with Crippen molar-refractivity contribution in [1.29, 1.82) is 0 Å². The zero-order chi connectivity index (χ0) is 27.3. The van der Waals surface area contributed by atoms with Gasteiger partial charge in [0.2, 0.25) is 11.8 Å². The van der Waals surface area contributed by atoms with Crippen molar-refractivity contribution in [3.05, 3.63) is 35.4 Å². The lowest BCUT2D eigenvalue weighted by molar-refractivity contribution is -0.142. The topological polar surface area (TPSA) is 95.9 Å². The van der Waals surface area contributed by atoms with Crippen LogP contribution in [0.2, 0.25) is 0 Å². The maximum atomic E-state index is 13.7. The van der Waals surface area contributed by atoms with Crippen molar-refractivity contribution in [2.24, 2.45) is 17.3 Å². The van der Waals surface area contributed by atoms with Gasteiger partial charge in [0.15, 0.2) is 0 Å². The molecule has 2 unspecified atom stereocenters. The van der Waals surface area contributed by atoms with E-state index in [1.54, 1.807) is 12.1 Å². The van der Waals surface area contributed by atoms with Crippen molar-refractivity contribution in [1.82, 2.24) is 10.2 Å². The summed E-state index contributed by atoms with van der Waals surface area (Å²) in [5, 5.41) is 12.2. The van der Waals surface area contributed by atoms with Crippen molar-refractivity contribution in [3.8, 4) is 0 Å². The van der Waals surface area contributed by atoms with Crippen LogP contribution in [-0.4, -0.2) is 59.6 Å². The van der Waals surface area contributed by atoms with Crippen LogP contribution in [0, 0.1) is 17.3 Å². The molecule has 1 saturated heterocycles. The number of carboxylic acid groups (broad SMARTS) is 1. The second kappa shape index (κ2) is 12.6. The number of carbonyl (C=O) groups is 3. The summed E-state index contributed by atoms with van der Waals surface area (Å²) in [5.41, 5.74) is 2.01. The van der Waals surface area contributed by atoms with E-state index in [0.717, 1.165) is 18.4 Å². The first-order valence-electron chi connectivity index (χ1n) is 14.7. The maximum Gasteiger partial charge on any atom is 0.335 e. The van der Waals surface area contributed by atoms with Crippen molar-refractivity contribution in [2.75, 3.05) is 19.7 Å². The van der Waals surface area contributed by atoms with Crippen LogP contribution in [0.25, 0.3) is 0 Å². The molecule has 2 aliphatic carbocycles. The summed E-state index contributed by atoms with van der Waals surface area (Å²) in [5.74, 6) is -0.0575. The van der Waals surface area contributed by atoms with E-state index in [4.69, 9.17) is 9.84 Å². The van der Waals surface area contributed by atoms with E-state index in [1.807, 2.05) is 37.8 Å². The Morgan fingerprint density at radius 3 is 2.16 bits per heavy atom. The third-order valence-electron chi connectivity index (χ3n) is 9.26. The molecule has 3 fully saturated rings. The monoisotopic (exact) mass is 526 g/mol. The van der Waals surface area contributed by atoms with E-state index < -0.39 is 12.0 Å². The molecular formula is C31H46N2O5. The highest BCUT2D eigenvalue weighted by molar-refractivity contribution is 5.88. The Bertz CT molecular complexity index is 953. The number of piperidine rings is 1. The summed E-state index contributed by atoms with van der Waals surface area (Å²) in [4.78, 5) is 39.4. The Morgan fingerprint density at radius 2 is 1.63 bits per heavy atom. The molecule has 2 atom stereocenters. The zero-order valence-corrected chi connectivity index (χ0v) is 23.4. The number of hydrogen-bond donors (Lipinski definition) is 2. The molecule has 7 heteroatoms. The fourth-order valence-corrected chi connectivity index (χ4v) is 6.53. The summed E-state index contributed by atoms with van der Waals surface area (Å²) < 4.78 is 6.29. The number of amides is 2. The SMILES string of the molecule is CC(C)CC(=O)NC(C(=O)N1CCC(c2ccc(C(=O)O)cc2)CC1)C(C)OCC1CCC2(CCC2)CC1. The minimum atomic E-state index is -0.926. The summed E-state index contributed by atoms with van der Waals surface area (Å²) >= 11 is 0. The van der Waals surface area contributed by atoms with Gasteiger partial charge in [-0.1, -0.05) is 32.4 Å². The number of likely N-dealkylation sites (tertiary alicyclic amines) is 1. The Balaban J connectivity index is 1.33. The summed E-state index contributed by atoms with van der Waals surface area (Å²) in [6, 6.07) is 6.37. The first-order chi connectivity index (χ1) is 18.2. The average Bonchev–Trinajstić information content (AvgIpc) is 2.89. The Kier molecular flexibility index (Phi) is 9.50. The number of benzene rings is 1. The largest absolute Gasteiger partial charge is 0.478 e. The molecule has 4 rings (SSSR count). The predicted octanol–water partition coefficient (Wildman–Crippen LogP) is 5.39. The number of nitrogens with one attached hydrogen (secondary N) is 1. The van der Waals surface area contributed by atoms with Gasteiger partial charge < -0.3 is 20.1 Å². The van der Waals surface area contributed by atoms with E-state index in [1.165, 1.54) is 44.9 Å². The van der Waals surface area contributed by atoms with Gasteiger partial charge in [0.05, 0.1) is 11.7 Å². The Morgan fingerprint density at radius 1 is 1.00 bits per heavy atom. The van der Waals surface area contributed by atoms with E-state index >= 15 is 0 Å². The molecule has 1 aromatic carbocycles. The Hall–Kier alpha value is -2.41. The standard InChI is InChI=1S/C31H46N2O5/c1-21(2)19-27(34)32-28(22(3)38-20-23-9-15-31(16-10-23)13-4-14-31)29(35)33-17-11-25(12-18-33)24-5-7-26(8-6-24)30(36)37/h5-8,21-23,25,28H,4,9-20H2,1-3H3,(H,32,34)(H,36,37). The van der Waals surface area contributed by atoms with Gasteiger partial charge in [-0.2, -0.15) is 0 Å². The number of rotatable bonds is 10. The van der Waals surface area contributed by atoms with E-state index in [9.17, 15) is 14.4 Å². The van der Waals surface area contributed by atoms with E-state index in [-0.39, 0.29) is 35.3 Å². The molecule has 3 aliphatic rings. The third-order valence-corrected chi connectivity index (χ3v) is 9.26. The molecule has 2 saturated carbocycles. The molecule has 1 aliphatic heterocycles. The van der Waals surface area contributed by atoms with Gasteiger partial charge >= 0.3 is 5.97 Å². The van der Waals surface area contributed by atoms with Gasteiger partial charge in [0, 0.05) is 26.1 Å². The van der Waals surface area contributed by atoms with Gasteiger partial charge in [-0.25, -0.2) is 4.79 Å². The quantitative estimate of drug-likeness (QED) is 0.426. The van der Waals surface area contributed by atoms with Crippen molar-refractivity contribution >= 4 is 17.8 Å². The molecule has 7 nitrogen and oxygen atoms in total. The molecular weight excluding hydrogens is 480 g/mol. The highest BCUT2D eigenvalue weighted by Gasteiger charge is 2.40. The van der Waals surface area contributed by atoms with Crippen LogP contribution in [-0.2, 0) is 14.3 Å². The molecule has 0 radical (unpaired) electrons. The van der Waals surface area contributed by atoms with Crippen LogP contribution in [0.3, 0.4) is 0 Å². The minimum Gasteiger partial charge on any atom is -0.478 e. The van der Waals surface area contributed by atoms with Crippen molar-refractivity contribution in [3.63, 3.8) is 0 Å². The average molecular weight is 527 g/mol. The van der Waals surface area contributed by atoms with Gasteiger partial charge in [-0.05, 0) is 99.2 Å². The molecule has 2 N–H and O–H groups in total. The summed E-state index contributed by atoms with van der Waals surface area (Å²) in [7, 11) is 0. The van der Waals surface area contributed by atoms with Gasteiger partial charge in [0.1, 0.15) is 6.04 Å². The van der Waals surface area contributed by atoms with Crippen molar-refractivity contribution in [2.45, 2.75) is 103 Å². The number of aromatic carboxylic acids is 1. The second-order valence-corrected chi connectivity index (χ2v) is 12.5. The first kappa shape index (κ1) is 28.6. The predicted molar refractivity (Wildman–Crippen MR) is 147 cm³/mol. The molecule has 0 aromatic heterocycles. The molecule has 1 heterocycles. The van der Waals surface area contributed by atoms with Crippen molar-refractivity contribution < 1.29 is 24.2 Å². The molecule has 210 valence electrons. The van der Waals surface area contributed by atoms with Crippen LogP contribution >= 0.6 is 0 Å². The number of hydrogen-bond acceptors (Lipinski definition) is 4. The molecule has 2 amide bonds. The smallest absolute Gasteiger partial charge is 0.335 e. The van der Waals surface area contributed by atoms with Crippen LogP contribution in [0.1, 0.15) is 107 Å². The number of nitrogens with zero attached hydrogens (tertiary/aromatic N) is 1. The van der Waals surface area contributed by atoms with Gasteiger partial charge in [-0.3, -0.25) is 9.59 Å². The van der Waals surface area contributed by atoms with Gasteiger partial charge in [0.25, 0.3) is 0 Å². The molecule has 1 aromatic rings. The van der Waals surface area contributed by atoms with Gasteiger partial charge in [-0.15, -0.1) is 0 Å². The maximum absolute atomic E-state index is 13.7. The zero-order valence-electron chi connectivity index (χ0n) is 23.4. The fourth-order valence-electron chi connectivity index (χ4n) is 6.53. The lowest BCUT2D eigenvalue weighted by Crippen LogP contribution is -2.56. The summed E-state index contributed by atoms with van der Waals surface area (Å²) in [6.45, 7) is 7.79. The number of carboxylic acids is 1. The highest BCUT2D eigenvalue weighted by atomic mass is 16.5. The highest BCUT2D eigenvalue weighted by Crippen LogP contribution is 2.52. The molecule has 1 spiro atoms. The van der Waals surface area contributed by atoms with Crippen LogP contribution in [0.15, 0.2) is 24.3 Å². The summed E-state index contributed by atoms with van der Waals surface area (Å²) in [6.07, 6.45) is 10.8. The van der Waals surface area contributed by atoms with E-state index in [2.05, 4.69) is 5.32 Å². The second-order valence-electron chi connectivity index (χ2n) is 12.5. The third kappa shape index (κ3) is 7.16. The van der Waals surface area contributed by atoms with Crippen LogP contribution in [0.5, 0.6) is 0 Å². The lowest BCUT2D eigenvalue weighted by atomic mass is 9.59. The first-order valence-corrected chi connectivity index (χ1v) is 14.7. The van der Waals surface area contributed by atoms with Crippen LogP contribution in [0.4, 0.5) is 0 Å². The van der Waals surface area contributed by atoms with E-state index in [0.29, 0.717) is 37.5 Å². The van der Waals surface area contributed by atoms with Crippen LogP contribution < -0.4 is 5.32 Å². The normalized spacial score (nSPS) is 21.6. The fraction of sp³-hybridized carbons (Fsp3) is 0.710.